The van der Waals surface area contributed by atoms with E-state index in [4.69, 9.17) is 0 Å². The molecule has 3 heteroatoms. The molecule has 2 amide bonds. The maximum absolute atomic E-state index is 13.4. The zero-order valence-corrected chi connectivity index (χ0v) is 15.3. The van der Waals surface area contributed by atoms with E-state index < -0.39 is 0 Å². The lowest BCUT2D eigenvalue weighted by Crippen LogP contribution is -2.42. The first-order chi connectivity index (χ1) is 13.1. The Morgan fingerprint density at radius 2 is 1.33 bits per heavy atom. The number of anilines is 1. The Hall–Kier alpha value is -3.46. The molecule has 0 fully saturated rings. The van der Waals surface area contributed by atoms with E-state index in [1.807, 2.05) is 86.7 Å². The van der Waals surface area contributed by atoms with Gasteiger partial charge in [-0.2, -0.15) is 0 Å². The van der Waals surface area contributed by atoms with Gasteiger partial charge < -0.3 is 0 Å². The van der Waals surface area contributed by atoms with Crippen molar-refractivity contribution in [3.05, 3.63) is 101 Å². The maximum Gasteiger partial charge on any atom is 0.265 e. The van der Waals surface area contributed by atoms with Crippen LogP contribution in [0.25, 0.3) is 11.6 Å². The molecule has 0 unspecified atom stereocenters. The minimum Gasteiger partial charge on any atom is -0.268 e. The topological polar surface area (TPSA) is 37.4 Å². The van der Waals surface area contributed by atoms with Crippen LogP contribution in [0.1, 0.15) is 32.6 Å². The molecule has 0 saturated heterocycles. The number of hydrogen-bond acceptors (Lipinski definition) is 2. The number of carbonyl (C=O) groups excluding carboxylic acids is 2. The lowest BCUT2D eigenvalue weighted by atomic mass is 9.91. The standard InChI is InChI=1S/C24H19NO2/c1-16-11-13-18(14-12-16)15-21-19-8-4-5-9-20(19)23(26)25(24(21)27)22-10-6-3-7-17(22)2/h3-15H,1-2H3/b21-15-. The van der Waals surface area contributed by atoms with Gasteiger partial charge in [-0.15, -0.1) is 0 Å². The second-order valence-electron chi connectivity index (χ2n) is 6.75. The summed E-state index contributed by atoms with van der Waals surface area (Å²) in [7, 11) is 0. The molecule has 0 spiro atoms. The van der Waals surface area contributed by atoms with Crippen LogP contribution in [0.5, 0.6) is 0 Å². The van der Waals surface area contributed by atoms with Crippen LogP contribution in [0.3, 0.4) is 0 Å². The predicted octanol–water partition coefficient (Wildman–Crippen LogP) is 5.03. The molecule has 1 heterocycles. The summed E-state index contributed by atoms with van der Waals surface area (Å²) in [6.45, 7) is 3.93. The van der Waals surface area contributed by atoms with Crippen molar-refractivity contribution in [3.63, 3.8) is 0 Å². The van der Waals surface area contributed by atoms with Gasteiger partial charge in [-0.25, -0.2) is 4.90 Å². The molecular formula is C24H19NO2. The molecule has 3 aromatic rings. The van der Waals surface area contributed by atoms with E-state index in [1.165, 1.54) is 4.90 Å². The van der Waals surface area contributed by atoms with Crippen molar-refractivity contribution in [2.75, 3.05) is 4.90 Å². The third-order valence-electron chi connectivity index (χ3n) is 4.83. The Morgan fingerprint density at radius 3 is 2.04 bits per heavy atom. The largest absolute Gasteiger partial charge is 0.268 e. The molecular weight excluding hydrogens is 334 g/mol. The van der Waals surface area contributed by atoms with Gasteiger partial charge in [0.1, 0.15) is 0 Å². The highest BCUT2D eigenvalue weighted by atomic mass is 16.2. The molecule has 0 aromatic heterocycles. The summed E-state index contributed by atoms with van der Waals surface area (Å²) < 4.78 is 0. The number of carbonyl (C=O) groups is 2. The molecule has 0 radical (unpaired) electrons. The van der Waals surface area contributed by atoms with Crippen molar-refractivity contribution >= 4 is 29.2 Å². The molecule has 0 bridgehead atoms. The van der Waals surface area contributed by atoms with E-state index in [-0.39, 0.29) is 11.8 Å². The van der Waals surface area contributed by atoms with Crippen LogP contribution in [0, 0.1) is 13.8 Å². The number of hydrogen-bond donors (Lipinski definition) is 0. The summed E-state index contributed by atoms with van der Waals surface area (Å²) in [5, 5.41) is 0. The first-order valence-electron chi connectivity index (χ1n) is 8.88. The number of para-hydroxylation sites is 1. The van der Waals surface area contributed by atoms with Gasteiger partial charge in [0, 0.05) is 11.1 Å². The molecule has 3 nitrogen and oxygen atoms in total. The van der Waals surface area contributed by atoms with E-state index in [9.17, 15) is 9.59 Å². The number of nitrogens with zero attached hydrogens (tertiary/aromatic N) is 1. The van der Waals surface area contributed by atoms with E-state index in [0.717, 1.165) is 16.7 Å². The van der Waals surface area contributed by atoms with E-state index in [1.54, 1.807) is 6.07 Å². The summed E-state index contributed by atoms with van der Waals surface area (Å²) in [4.78, 5) is 27.7. The smallest absolute Gasteiger partial charge is 0.265 e. The van der Waals surface area contributed by atoms with E-state index in [2.05, 4.69) is 0 Å². The van der Waals surface area contributed by atoms with Crippen LogP contribution in [-0.4, -0.2) is 11.8 Å². The lowest BCUT2D eigenvalue weighted by molar-refractivity contribution is -0.112. The number of amides is 2. The Balaban J connectivity index is 1.91. The molecule has 0 aliphatic carbocycles. The normalized spacial score (nSPS) is 15.2. The fraction of sp³-hybridized carbons (Fsp3) is 0.0833. The molecule has 1 aliphatic heterocycles. The average molecular weight is 353 g/mol. The Morgan fingerprint density at radius 1 is 0.704 bits per heavy atom. The van der Waals surface area contributed by atoms with Crippen molar-refractivity contribution in [1.82, 2.24) is 0 Å². The van der Waals surface area contributed by atoms with Crippen LogP contribution >= 0.6 is 0 Å². The van der Waals surface area contributed by atoms with Gasteiger partial charge >= 0.3 is 0 Å². The van der Waals surface area contributed by atoms with Crippen molar-refractivity contribution in [2.45, 2.75) is 13.8 Å². The zero-order valence-electron chi connectivity index (χ0n) is 15.3. The number of fused-ring (bicyclic) bond motifs is 1. The maximum atomic E-state index is 13.4. The van der Waals surface area contributed by atoms with Crippen molar-refractivity contribution in [1.29, 1.82) is 0 Å². The fourth-order valence-electron chi connectivity index (χ4n) is 3.35. The summed E-state index contributed by atoms with van der Waals surface area (Å²) in [5.41, 5.74) is 5.33. The summed E-state index contributed by atoms with van der Waals surface area (Å²) in [6.07, 6.45) is 1.86. The summed E-state index contributed by atoms with van der Waals surface area (Å²) in [5.74, 6) is -0.584. The minimum atomic E-state index is -0.298. The summed E-state index contributed by atoms with van der Waals surface area (Å²) >= 11 is 0. The molecule has 0 N–H and O–H groups in total. The monoisotopic (exact) mass is 353 g/mol. The van der Waals surface area contributed by atoms with Crippen molar-refractivity contribution < 1.29 is 9.59 Å². The molecule has 0 atom stereocenters. The molecule has 132 valence electrons. The quantitative estimate of drug-likeness (QED) is 0.478. The molecule has 3 aromatic carbocycles. The molecule has 0 saturated carbocycles. The van der Waals surface area contributed by atoms with Gasteiger partial charge in [-0.1, -0.05) is 66.2 Å². The highest BCUT2D eigenvalue weighted by Crippen LogP contribution is 2.34. The second-order valence-corrected chi connectivity index (χ2v) is 6.75. The van der Waals surface area contributed by atoms with Gasteiger partial charge in [0.2, 0.25) is 0 Å². The molecule has 27 heavy (non-hydrogen) atoms. The zero-order chi connectivity index (χ0) is 19.0. The average Bonchev–Trinajstić information content (AvgIpc) is 2.68. The van der Waals surface area contributed by atoms with Gasteiger partial charge in [0.05, 0.1) is 5.69 Å². The first-order valence-corrected chi connectivity index (χ1v) is 8.88. The highest BCUT2D eigenvalue weighted by molar-refractivity contribution is 6.43. The van der Waals surface area contributed by atoms with Gasteiger partial charge in [-0.05, 0) is 48.7 Å². The SMILES string of the molecule is Cc1ccc(/C=C2\C(=O)N(c3ccccc3C)C(=O)c3ccccc32)cc1. The van der Waals surface area contributed by atoms with Crippen LogP contribution in [0.15, 0.2) is 72.8 Å². The Labute approximate surface area is 158 Å². The van der Waals surface area contributed by atoms with Crippen LogP contribution in [-0.2, 0) is 4.79 Å². The lowest BCUT2D eigenvalue weighted by Gasteiger charge is -2.29. The highest BCUT2D eigenvalue weighted by Gasteiger charge is 2.36. The number of benzene rings is 3. The summed E-state index contributed by atoms with van der Waals surface area (Å²) in [6, 6.07) is 22.7. The Bertz CT molecular complexity index is 1080. The number of imide groups is 1. The van der Waals surface area contributed by atoms with Crippen LogP contribution in [0.4, 0.5) is 5.69 Å². The van der Waals surface area contributed by atoms with Crippen molar-refractivity contribution in [2.24, 2.45) is 0 Å². The van der Waals surface area contributed by atoms with E-state index in [0.29, 0.717) is 22.4 Å². The second kappa shape index (κ2) is 6.69. The van der Waals surface area contributed by atoms with Gasteiger partial charge in [0.25, 0.3) is 11.8 Å². The Kier molecular flexibility index (Phi) is 4.21. The van der Waals surface area contributed by atoms with Crippen LogP contribution < -0.4 is 4.90 Å². The number of aryl methyl sites for hydroxylation is 2. The van der Waals surface area contributed by atoms with Crippen molar-refractivity contribution in [3.8, 4) is 0 Å². The first kappa shape index (κ1) is 17.0. The van der Waals surface area contributed by atoms with Gasteiger partial charge in [0.15, 0.2) is 0 Å². The van der Waals surface area contributed by atoms with E-state index >= 15 is 0 Å². The van der Waals surface area contributed by atoms with Crippen LogP contribution in [0.2, 0.25) is 0 Å². The third-order valence-corrected chi connectivity index (χ3v) is 4.83. The molecule has 4 rings (SSSR count). The minimum absolute atomic E-state index is 0.286. The molecule has 1 aliphatic rings. The fourth-order valence-corrected chi connectivity index (χ4v) is 3.35. The predicted molar refractivity (Wildman–Crippen MR) is 108 cm³/mol. The third kappa shape index (κ3) is 2.97. The van der Waals surface area contributed by atoms with Gasteiger partial charge in [-0.3, -0.25) is 9.59 Å². The number of rotatable bonds is 2.